The van der Waals surface area contributed by atoms with Gasteiger partial charge in [0.15, 0.2) is 0 Å². The Morgan fingerprint density at radius 2 is 1.79 bits per heavy atom. The first-order chi connectivity index (χ1) is 16.4. The maximum absolute atomic E-state index is 12.6. The van der Waals surface area contributed by atoms with Crippen molar-refractivity contribution in [3.8, 4) is 11.8 Å². The van der Waals surface area contributed by atoms with Gasteiger partial charge < -0.3 is 20.1 Å². The lowest BCUT2D eigenvalue weighted by Gasteiger charge is -2.30. The standard InChI is InChI=1S/C24H26ClN5O4/c25-21-11-20(4-1-16(21)12-26)34-19-5-2-18(3-6-19)29-22(31)17-13-27-24(28-14-17)30-9-7-15(8-10-30)23(32)33/h1,4,11,13-15,18-19H,2-3,5-10H2,(H,29,31)(H,32,33)/t18-,19-. The lowest BCUT2D eigenvalue weighted by Crippen LogP contribution is -2.40. The number of rotatable bonds is 6. The average Bonchev–Trinajstić information content (AvgIpc) is 2.85. The molecule has 34 heavy (non-hydrogen) atoms. The molecule has 1 saturated carbocycles. The van der Waals surface area contributed by atoms with Crippen LogP contribution in [0.25, 0.3) is 0 Å². The number of carbonyl (C=O) groups excluding carboxylic acids is 1. The third-order valence-corrected chi connectivity index (χ3v) is 6.71. The molecule has 9 nitrogen and oxygen atoms in total. The Labute approximate surface area is 202 Å². The monoisotopic (exact) mass is 483 g/mol. The van der Waals surface area contributed by atoms with E-state index < -0.39 is 5.97 Å². The largest absolute Gasteiger partial charge is 0.490 e. The molecule has 0 unspecified atom stereocenters. The van der Waals surface area contributed by atoms with Crippen LogP contribution >= 0.6 is 11.6 Å². The van der Waals surface area contributed by atoms with E-state index in [1.54, 1.807) is 18.2 Å². The van der Waals surface area contributed by atoms with Gasteiger partial charge in [0, 0.05) is 37.6 Å². The number of benzene rings is 1. The van der Waals surface area contributed by atoms with Crippen molar-refractivity contribution in [2.24, 2.45) is 5.92 Å². The van der Waals surface area contributed by atoms with E-state index in [-0.39, 0.29) is 24.0 Å². The number of nitrogens with one attached hydrogen (secondary N) is 1. The number of halogens is 1. The number of hydrogen-bond acceptors (Lipinski definition) is 7. The number of nitriles is 1. The van der Waals surface area contributed by atoms with Gasteiger partial charge in [-0.15, -0.1) is 0 Å². The molecule has 1 amide bonds. The third-order valence-electron chi connectivity index (χ3n) is 6.40. The Balaban J connectivity index is 1.23. The second-order valence-corrected chi connectivity index (χ2v) is 9.10. The number of anilines is 1. The molecule has 1 aliphatic carbocycles. The van der Waals surface area contributed by atoms with E-state index in [0.717, 1.165) is 25.7 Å². The number of aromatic nitrogens is 2. The van der Waals surface area contributed by atoms with Crippen molar-refractivity contribution >= 4 is 29.4 Å². The van der Waals surface area contributed by atoms with Crippen LogP contribution in [0.5, 0.6) is 5.75 Å². The Kier molecular flexibility index (Phi) is 7.48. The Morgan fingerprint density at radius 1 is 1.12 bits per heavy atom. The molecular weight excluding hydrogens is 458 g/mol. The molecule has 1 aromatic carbocycles. The SMILES string of the molecule is N#Cc1ccc(O[C@H]2CC[C@H](NC(=O)c3cnc(N4CCC(C(=O)O)CC4)nc3)CC2)cc1Cl. The van der Waals surface area contributed by atoms with Crippen molar-refractivity contribution in [1.29, 1.82) is 5.26 Å². The number of carboxylic acids is 1. The summed E-state index contributed by atoms with van der Waals surface area (Å²) < 4.78 is 6.00. The number of carbonyl (C=O) groups is 2. The zero-order valence-corrected chi connectivity index (χ0v) is 19.4. The fourth-order valence-corrected chi connectivity index (χ4v) is 4.59. The predicted molar refractivity (Wildman–Crippen MR) is 125 cm³/mol. The number of ether oxygens (including phenoxy) is 1. The van der Waals surface area contributed by atoms with Crippen LogP contribution in [0.15, 0.2) is 30.6 Å². The predicted octanol–water partition coefficient (Wildman–Crippen LogP) is 3.42. The zero-order valence-electron chi connectivity index (χ0n) is 18.6. The van der Waals surface area contributed by atoms with Crippen molar-refractivity contribution in [3.63, 3.8) is 0 Å². The molecule has 0 radical (unpaired) electrons. The van der Waals surface area contributed by atoms with Gasteiger partial charge in [-0.2, -0.15) is 5.26 Å². The maximum Gasteiger partial charge on any atom is 0.306 e. The first-order valence-corrected chi connectivity index (χ1v) is 11.8. The molecule has 2 N–H and O–H groups in total. The molecule has 0 atom stereocenters. The molecule has 2 aromatic rings. The second kappa shape index (κ2) is 10.7. The number of amides is 1. The van der Waals surface area contributed by atoms with Gasteiger partial charge >= 0.3 is 5.97 Å². The summed E-state index contributed by atoms with van der Waals surface area (Å²) in [5.74, 6) is -0.128. The van der Waals surface area contributed by atoms with Crippen LogP contribution in [0.2, 0.25) is 5.02 Å². The minimum Gasteiger partial charge on any atom is -0.490 e. The molecule has 10 heteroatoms. The Bertz CT molecular complexity index is 1070. The number of hydrogen-bond donors (Lipinski definition) is 2. The minimum atomic E-state index is -0.758. The van der Waals surface area contributed by atoms with Crippen molar-refractivity contribution in [2.75, 3.05) is 18.0 Å². The lowest BCUT2D eigenvalue weighted by atomic mass is 9.92. The summed E-state index contributed by atoms with van der Waals surface area (Å²) in [5.41, 5.74) is 0.815. The summed E-state index contributed by atoms with van der Waals surface area (Å²) in [6, 6.07) is 7.13. The van der Waals surface area contributed by atoms with Crippen LogP contribution in [0, 0.1) is 17.2 Å². The molecule has 2 fully saturated rings. The molecule has 1 aromatic heterocycles. The van der Waals surface area contributed by atoms with Crippen molar-refractivity contribution < 1.29 is 19.4 Å². The van der Waals surface area contributed by atoms with Crippen LogP contribution < -0.4 is 15.0 Å². The van der Waals surface area contributed by atoms with E-state index in [2.05, 4.69) is 15.3 Å². The highest BCUT2D eigenvalue weighted by atomic mass is 35.5. The number of piperidine rings is 1. The van der Waals surface area contributed by atoms with E-state index in [1.165, 1.54) is 12.4 Å². The van der Waals surface area contributed by atoms with Crippen LogP contribution in [0.3, 0.4) is 0 Å². The molecule has 2 heterocycles. The van der Waals surface area contributed by atoms with Crippen LogP contribution in [0.1, 0.15) is 54.4 Å². The maximum atomic E-state index is 12.6. The summed E-state index contributed by atoms with van der Waals surface area (Å²) in [7, 11) is 0. The molecule has 1 saturated heterocycles. The summed E-state index contributed by atoms with van der Waals surface area (Å²) >= 11 is 6.07. The molecule has 0 spiro atoms. The molecule has 1 aliphatic heterocycles. The highest BCUT2D eigenvalue weighted by Gasteiger charge is 2.27. The van der Waals surface area contributed by atoms with E-state index >= 15 is 0 Å². The summed E-state index contributed by atoms with van der Waals surface area (Å²) in [6.45, 7) is 1.17. The minimum absolute atomic E-state index is 0.0324. The highest BCUT2D eigenvalue weighted by Crippen LogP contribution is 2.27. The van der Waals surface area contributed by atoms with Gasteiger partial charge in [0.25, 0.3) is 5.91 Å². The molecule has 2 aliphatic rings. The lowest BCUT2D eigenvalue weighted by molar-refractivity contribution is -0.142. The van der Waals surface area contributed by atoms with E-state index in [9.17, 15) is 9.59 Å². The second-order valence-electron chi connectivity index (χ2n) is 8.69. The van der Waals surface area contributed by atoms with Gasteiger partial charge in [-0.25, -0.2) is 9.97 Å². The van der Waals surface area contributed by atoms with E-state index in [0.29, 0.717) is 53.8 Å². The smallest absolute Gasteiger partial charge is 0.306 e. The van der Waals surface area contributed by atoms with Gasteiger partial charge in [-0.1, -0.05) is 11.6 Å². The van der Waals surface area contributed by atoms with E-state index in [1.807, 2.05) is 11.0 Å². The molecule has 178 valence electrons. The van der Waals surface area contributed by atoms with Gasteiger partial charge in [0.05, 0.1) is 28.2 Å². The van der Waals surface area contributed by atoms with Crippen molar-refractivity contribution in [2.45, 2.75) is 50.7 Å². The molecule has 4 rings (SSSR count). The topological polar surface area (TPSA) is 128 Å². The van der Waals surface area contributed by atoms with Crippen molar-refractivity contribution in [3.05, 3.63) is 46.7 Å². The van der Waals surface area contributed by atoms with Crippen LogP contribution in [0.4, 0.5) is 5.95 Å². The fourth-order valence-electron chi connectivity index (χ4n) is 4.37. The van der Waals surface area contributed by atoms with Crippen LogP contribution in [-0.4, -0.2) is 52.2 Å². The third kappa shape index (κ3) is 5.75. The number of aliphatic carboxylic acids is 1. The normalized spacial score (nSPS) is 20.9. The first-order valence-electron chi connectivity index (χ1n) is 11.4. The van der Waals surface area contributed by atoms with Crippen LogP contribution in [-0.2, 0) is 4.79 Å². The van der Waals surface area contributed by atoms with E-state index in [4.69, 9.17) is 26.7 Å². The molecule has 0 bridgehead atoms. The summed E-state index contributed by atoms with van der Waals surface area (Å²) in [5, 5.41) is 21.5. The van der Waals surface area contributed by atoms with Gasteiger partial charge in [0.2, 0.25) is 5.95 Å². The van der Waals surface area contributed by atoms with Crippen molar-refractivity contribution in [1.82, 2.24) is 15.3 Å². The highest BCUT2D eigenvalue weighted by molar-refractivity contribution is 6.31. The number of nitrogens with zero attached hydrogens (tertiary/aromatic N) is 4. The zero-order chi connectivity index (χ0) is 24.1. The van der Waals surface area contributed by atoms with Gasteiger partial charge in [-0.05, 0) is 50.7 Å². The molecular formula is C24H26ClN5O4. The quantitative estimate of drug-likeness (QED) is 0.639. The van der Waals surface area contributed by atoms with Gasteiger partial charge in [0.1, 0.15) is 11.8 Å². The first kappa shape index (κ1) is 23.8. The van der Waals surface area contributed by atoms with Gasteiger partial charge in [-0.3, -0.25) is 9.59 Å². The number of carboxylic acid groups (broad SMARTS) is 1. The Morgan fingerprint density at radius 3 is 2.38 bits per heavy atom. The average molecular weight is 484 g/mol. The Hall–Kier alpha value is -3.38. The summed E-state index contributed by atoms with van der Waals surface area (Å²) in [4.78, 5) is 34.3. The fraction of sp³-hybridized carbons (Fsp3) is 0.458. The summed E-state index contributed by atoms with van der Waals surface area (Å²) in [6.07, 6.45) is 7.36.